The average Bonchev–Trinajstić information content (AvgIpc) is 3.35. The second kappa shape index (κ2) is 12.1. The molecule has 0 aliphatic carbocycles. The molecule has 7 nitrogen and oxygen atoms in total. The van der Waals surface area contributed by atoms with Crippen molar-refractivity contribution in [3.8, 4) is 11.1 Å². The van der Waals surface area contributed by atoms with Crippen LogP contribution in [0.4, 0.5) is 5.69 Å². The molecule has 1 fully saturated rings. The summed E-state index contributed by atoms with van der Waals surface area (Å²) in [7, 11) is 5.41. The molecule has 1 saturated heterocycles. The number of amides is 1. The summed E-state index contributed by atoms with van der Waals surface area (Å²) in [5, 5.41) is 0.599. The molecule has 1 aliphatic heterocycles. The Balaban J connectivity index is 1.45. The van der Waals surface area contributed by atoms with Crippen LogP contribution < -0.4 is 4.90 Å². The third-order valence-electron chi connectivity index (χ3n) is 7.57. The van der Waals surface area contributed by atoms with E-state index in [1.54, 1.807) is 12.4 Å². The van der Waals surface area contributed by atoms with E-state index in [2.05, 4.69) is 35.1 Å². The number of benzene rings is 3. The lowest BCUT2D eigenvalue weighted by molar-refractivity contribution is -0.134. The van der Waals surface area contributed by atoms with Gasteiger partial charge < -0.3 is 19.1 Å². The summed E-state index contributed by atoms with van der Waals surface area (Å²) in [4.78, 5) is 34.1. The van der Waals surface area contributed by atoms with E-state index in [-0.39, 0.29) is 11.8 Å². The van der Waals surface area contributed by atoms with Crippen LogP contribution in [-0.2, 0) is 27.9 Å². The number of rotatable bonds is 7. The van der Waals surface area contributed by atoms with Crippen LogP contribution in [0.15, 0.2) is 73.1 Å². The van der Waals surface area contributed by atoms with Crippen LogP contribution in [0.25, 0.3) is 28.2 Å². The SMILES string of the molecule is COC(=O)/C=C/c1cccc(N(Cc2ccc(-c3ccc4c(c3)ncn4C)cc2Cl)C(=O)C2CCN(C)CC2)c1. The maximum atomic E-state index is 13.9. The lowest BCUT2D eigenvalue weighted by Crippen LogP contribution is -2.41. The Hall–Kier alpha value is -3.94. The van der Waals surface area contributed by atoms with Crippen molar-refractivity contribution in [1.82, 2.24) is 14.5 Å². The standard InChI is InChI=1S/C32H33ClN4O3/c1-35-15-13-23(14-16-35)32(39)37(27-6-4-5-22(17-27)7-12-31(38)40-3)20-26-9-8-24(18-28(26)33)25-10-11-30-29(19-25)34-21-36(30)2/h4-12,17-19,21,23H,13-16,20H2,1-3H3/b12-7+. The van der Waals surface area contributed by atoms with Gasteiger partial charge in [-0.15, -0.1) is 0 Å². The molecule has 5 rings (SSSR count). The van der Waals surface area contributed by atoms with E-state index in [9.17, 15) is 9.59 Å². The number of imidazole rings is 1. The van der Waals surface area contributed by atoms with E-state index in [1.165, 1.54) is 13.2 Å². The second-order valence-corrected chi connectivity index (χ2v) is 10.7. The van der Waals surface area contributed by atoms with E-state index < -0.39 is 5.97 Å². The van der Waals surface area contributed by atoms with Crippen molar-refractivity contribution in [2.75, 3.05) is 32.1 Å². The van der Waals surface area contributed by atoms with Crippen molar-refractivity contribution in [3.63, 3.8) is 0 Å². The van der Waals surface area contributed by atoms with E-state index in [0.29, 0.717) is 11.6 Å². The maximum Gasteiger partial charge on any atom is 0.330 e. The minimum Gasteiger partial charge on any atom is -0.466 e. The van der Waals surface area contributed by atoms with Gasteiger partial charge in [0.25, 0.3) is 0 Å². The van der Waals surface area contributed by atoms with Gasteiger partial charge in [-0.3, -0.25) is 4.79 Å². The Bertz CT molecular complexity index is 1570. The van der Waals surface area contributed by atoms with E-state index >= 15 is 0 Å². The summed E-state index contributed by atoms with van der Waals surface area (Å²) in [5.74, 6) is -0.407. The molecule has 0 radical (unpaired) electrons. The molecule has 0 unspecified atom stereocenters. The first-order valence-corrected chi connectivity index (χ1v) is 13.8. The first kappa shape index (κ1) is 27.6. The van der Waals surface area contributed by atoms with Crippen LogP contribution >= 0.6 is 11.6 Å². The van der Waals surface area contributed by atoms with Crippen molar-refractivity contribution >= 4 is 46.3 Å². The highest BCUT2D eigenvalue weighted by molar-refractivity contribution is 6.31. The van der Waals surface area contributed by atoms with Gasteiger partial charge in [0.15, 0.2) is 0 Å². The predicted octanol–water partition coefficient (Wildman–Crippen LogP) is 5.95. The Kier molecular flexibility index (Phi) is 8.33. The molecular formula is C32H33ClN4O3. The van der Waals surface area contributed by atoms with Crippen molar-refractivity contribution in [1.29, 1.82) is 0 Å². The summed E-state index contributed by atoms with van der Waals surface area (Å²) in [6.45, 7) is 2.12. The zero-order chi connectivity index (χ0) is 28.2. The van der Waals surface area contributed by atoms with Crippen LogP contribution in [0, 0.1) is 5.92 Å². The molecule has 1 aliphatic rings. The number of halogens is 1. The van der Waals surface area contributed by atoms with Crippen LogP contribution in [0.1, 0.15) is 24.0 Å². The van der Waals surface area contributed by atoms with E-state index in [4.69, 9.17) is 16.3 Å². The molecule has 40 heavy (non-hydrogen) atoms. The molecular weight excluding hydrogens is 524 g/mol. The van der Waals surface area contributed by atoms with Crippen LogP contribution in [0.5, 0.6) is 0 Å². The summed E-state index contributed by atoms with van der Waals surface area (Å²) >= 11 is 6.85. The van der Waals surface area contributed by atoms with Crippen molar-refractivity contribution in [3.05, 3.63) is 89.2 Å². The zero-order valence-corrected chi connectivity index (χ0v) is 23.8. The Labute approximate surface area is 239 Å². The number of esters is 1. The van der Waals surface area contributed by atoms with Crippen molar-refractivity contribution in [2.45, 2.75) is 19.4 Å². The Morgan fingerprint density at radius 3 is 2.55 bits per heavy atom. The number of aryl methyl sites for hydroxylation is 1. The van der Waals surface area contributed by atoms with Crippen molar-refractivity contribution in [2.24, 2.45) is 13.0 Å². The van der Waals surface area contributed by atoms with Gasteiger partial charge in [-0.25, -0.2) is 9.78 Å². The quantitative estimate of drug-likeness (QED) is 0.208. The van der Waals surface area contributed by atoms with E-state index in [1.807, 2.05) is 59.0 Å². The number of carbonyl (C=O) groups is 2. The van der Waals surface area contributed by atoms with Gasteiger partial charge in [0.1, 0.15) is 0 Å². The highest BCUT2D eigenvalue weighted by Gasteiger charge is 2.29. The van der Waals surface area contributed by atoms with Gasteiger partial charge in [-0.05, 0) is 91.6 Å². The van der Waals surface area contributed by atoms with Crippen LogP contribution in [0.2, 0.25) is 5.02 Å². The fraction of sp³-hybridized carbons (Fsp3) is 0.281. The minimum atomic E-state index is -0.432. The lowest BCUT2D eigenvalue weighted by atomic mass is 9.94. The third-order valence-corrected chi connectivity index (χ3v) is 7.92. The molecule has 206 valence electrons. The van der Waals surface area contributed by atoms with Gasteiger partial charge in [-0.1, -0.05) is 41.9 Å². The molecule has 0 spiro atoms. The number of nitrogens with zero attached hydrogens (tertiary/aromatic N) is 4. The van der Waals surface area contributed by atoms with Gasteiger partial charge >= 0.3 is 5.97 Å². The number of anilines is 1. The molecule has 1 aromatic heterocycles. The molecule has 0 bridgehead atoms. The fourth-order valence-corrected chi connectivity index (χ4v) is 5.38. The van der Waals surface area contributed by atoms with Crippen LogP contribution in [-0.4, -0.2) is 53.6 Å². The number of methoxy groups -OCH3 is 1. The van der Waals surface area contributed by atoms with Gasteiger partial charge in [-0.2, -0.15) is 0 Å². The van der Waals surface area contributed by atoms with E-state index in [0.717, 1.165) is 64.9 Å². The Morgan fingerprint density at radius 1 is 1.05 bits per heavy atom. The topological polar surface area (TPSA) is 67.7 Å². The molecule has 0 saturated carbocycles. The normalized spacial score (nSPS) is 14.6. The fourth-order valence-electron chi connectivity index (χ4n) is 5.14. The number of aromatic nitrogens is 2. The summed E-state index contributed by atoms with van der Waals surface area (Å²) in [6.07, 6.45) is 6.50. The molecule has 0 N–H and O–H groups in total. The largest absolute Gasteiger partial charge is 0.466 e. The minimum absolute atomic E-state index is 0.0615. The maximum absolute atomic E-state index is 13.9. The first-order chi connectivity index (χ1) is 19.3. The highest BCUT2D eigenvalue weighted by atomic mass is 35.5. The molecule has 3 aromatic carbocycles. The number of likely N-dealkylation sites (tertiary alicyclic amines) is 1. The number of carbonyl (C=O) groups excluding carboxylic acids is 2. The number of hydrogen-bond acceptors (Lipinski definition) is 5. The summed E-state index contributed by atoms with van der Waals surface area (Å²) in [6, 6.07) is 19.8. The second-order valence-electron chi connectivity index (χ2n) is 10.3. The molecule has 0 atom stereocenters. The lowest BCUT2D eigenvalue weighted by Gasteiger charge is -2.33. The zero-order valence-electron chi connectivity index (χ0n) is 23.0. The molecule has 4 aromatic rings. The molecule has 2 heterocycles. The van der Waals surface area contributed by atoms with Crippen molar-refractivity contribution < 1.29 is 14.3 Å². The third kappa shape index (κ3) is 6.11. The molecule has 1 amide bonds. The van der Waals surface area contributed by atoms with Gasteiger partial charge in [0.05, 0.1) is 31.0 Å². The predicted molar refractivity (Wildman–Crippen MR) is 160 cm³/mol. The van der Waals surface area contributed by atoms with Gasteiger partial charge in [0, 0.05) is 29.8 Å². The first-order valence-electron chi connectivity index (χ1n) is 13.4. The monoisotopic (exact) mass is 556 g/mol. The number of ether oxygens (including phenoxy) is 1. The summed E-state index contributed by atoms with van der Waals surface area (Å²) in [5.41, 5.74) is 6.44. The van der Waals surface area contributed by atoms with Gasteiger partial charge in [0.2, 0.25) is 5.91 Å². The highest BCUT2D eigenvalue weighted by Crippen LogP contribution is 2.31. The number of piperidine rings is 1. The Morgan fingerprint density at radius 2 is 1.80 bits per heavy atom. The smallest absolute Gasteiger partial charge is 0.330 e. The molecule has 8 heteroatoms. The number of fused-ring (bicyclic) bond motifs is 1. The average molecular weight is 557 g/mol. The van der Waals surface area contributed by atoms with Crippen LogP contribution in [0.3, 0.4) is 0 Å². The number of hydrogen-bond donors (Lipinski definition) is 0. The summed E-state index contributed by atoms with van der Waals surface area (Å²) < 4.78 is 6.71.